The number of hydrogen-bond donors (Lipinski definition) is 1. The van der Waals surface area contributed by atoms with Gasteiger partial charge in [0.2, 0.25) is 0 Å². The fraction of sp³-hybridized carbons (Fsp3) is 0.545. The Labute approximate surface area is 90.1 Å². The highest BCUT2D eigenvalue weighted by Crippen LogP contribution is 2.25. The summed E-state index contributed by atoms with van der Waals surface area (Å²) >= 11 is 1.73. The van der Waals surface area contributed by atoms with Crippen LogP contribution in [0, 0.1) is 6.92 Å². The molecule has 2 nitrogen and oxygen atoms in total. The Balaban J connectivity index is 2.63. The number of aryl methyl sites for hydroxylation is 1. The van der Waals surface area contributed by atoms with Gasteiger partial charge < -0.3 is 5.32 Å². The fourth-order valence-corrected chi connectivity index (χ4v) is 2.39. The average molecular weight is 210 g/mol. The molecule has 0 fully saturated rings. The second-order valence-electron chi connectivity index (χ2n) is 3.64. The van der Waals surface area contributed by atoms with Gasteiger partial charge in [0.1, 0.15) is 0 Å². The lowest BCUT2D eigenvalue weighted by Gasteiger charge is -2.14. The molecular formula is C11H18N2S. The van der Waals surface area contributed by atoms with Crippen molar-refractivity contribution in [1.82, 2.24) is 10.3 Å². The summed E-state index contributed by atoms with van der Waals surface area (Å²) < 4.78 is 0. The van der Waals surface area contributed by atoms with Crippen LogP contribution in [0.4, 0.5) is 0 Å². The molecule has 14 heavy (non-hydrogen) atoms. The summed E-state index contributed by atoms with van der Waals surface area (Å²) in [7, 11) is 2.00. The Bertz CT molecular complexity index is 304. The lowest BCUT2D eigenvalue weighted by Crippen LogP contribution is -2.16. The van der Waals surface area contributed by atoms with E-state index in [-0.39, 0.29) is 0 Å². The maximum absolute atomic E-state index is 4.27. The second-order valence-corrected chi connectivity index (χ2v) is 4.53. The molecule has 0 aliphatic heterocycles. The van der Waals surface area contributed by atoms with Gasteiger partial charge in [0, 0.05) is 10.9 Å². The van der Waals surface area contributed by atoms with Crippen molar-refractivity contribution in [2.45, 2.75) is 32.7 Å². The van der Waals surface area contributed by atoms with E-state index in [1.807, 2.05) is 12.6 Å². The van der Waals surface area contributed by atoms with Crippen molar-refractivity contribution in [1.29, 1.82) is 0 Å². The first-order chi connectivity index (χ1) is 6.65. The number of rotatable bonds is 5. The van der Waals surface area contributed by atoms with Crippen LogP contribution in [0.5, 0.6) is 0 Å². The van der Waals surface area contributed by atoms with E-state index in [0.29, 0.717) is 6.04 Å². The van der Waals surface area contributed by atoms with E-state index in [9.17, 15) is 0 Å². The van der Waals surface area contributed by atoms with Crippen LogP contribution in [0.25, 0.3) is 0 Å². The number of nitrogens with one attached hydrogen (secondary N) is 1. The van der Waals surface area contributed by atoms with Crippen molar-refractivity contribution in [3.8, 4) is 0 Å². The van der Waals surface area contributed by atoms with Gasteiger partial charge in [-0.2, -0.15) is 0 Å². The highest BCUT2D eigenvalue weighted by molar-refractivity contribution is 7.09. The molecule has 1 unspecified atom stereocenters. The van der Waals surface area contributed by atoms with E-state index in [1.54, 1.807) is 11.3 Å². The first-order valence-corrected chi connectivity index (χ1v) is 5.74. The van der Waals surface area contributed by atoms with Crippen molar-refractivity contribution in [3.05, 3.63) is 28.2 Å². The van der Waals surface area contributed by atoms with Gasteiger partial charge in [0.15, 0.2) is 0 Å². The van der Waals surface area contributed by atoms with Gasteiger partial charge in [-0.3, -0.25) is 0 Å². The smallest absolute Gasteiger partial charge is 0.0798 e. The summed E-state index contributed by atoms with van der Waals surface area (Å²) in [6.07, 6.45) is 2.18. The molecule has 78 valence electrons. The van der Waals surface area contributed by atoms with Crippen LogP contribution in [-0.4, -0.2) is 12.0 Å². The molecule has 0 saturated heterocycles. The number of nitrogens with zero attached hydrogens (tertiary/aromatic N) is 1. The quantitative estimate of drug-likeness (QED) is 0.755. The van der Waals surface area contributed by atoms with Gasteiger partial charge in [-0.25, -0.2) is 4.98 Å². The maximum Gasteiger partial charge on any atom is 0.0798 e. The summed E-state index contributed by atoms with van der Waals surface area (Å²) in [5.74, 6) is 0. The fourth-order valence-electron chi connectivity index (χ4n) is 1.44. The normalized spacial score (nSPS) is 12.8. The maximum atomic E-state index is 4.27. The third-order valence-corrected chi connectivity index (χ3v) is 3.35. The minimum absolute atomic E-state index is 0.430. The van der Waals surface area contributed by atoms with Crippen LogP contribution in [-0.2, 0) is 0 Å². The van der Waals surface area contributed by atoms with Crippen molar-refractivity contribution in [2.75, 3.05) is 7.05 Å². The SMILES string of the molecule is C=C(C)CCC(NC)c1scnc1C. The van der Waals surface area contributed by atoms with Crippen LogP contribution < -0.4 is 5.32 Å². The first-order valence-electron chi connectivity index (χ1n) is 4.86. The molecule has 0 radical (unpaired) electrons. The third kappa shape index (κ3) is 2.93. The Morgan fingerprint density at radius 3 is 2.86 bits per heavy atom. The Hall–Kier alpha value is -0.670. The monoisotopic (exact) mass is 210 g/mol. The van der Waals surface area contributed by atoms with Crippen LogP contribution in [0.15, 0.2) is 17.7 Å². The first kappa shape index (κ1) is 11.4. The molecule has 1 heterocycles. The van der Waals surface area contributed by atoms with Crippen LogP contribution >= 0.6 is 11.3 Å². The van der Waals surface area contributed by atoms with Crippen LogP contribution in [0.3, 0.4) is 0 Å². The van der Waals surface area contributed by atoms with Gasteiger partial charge in [0.25, 0.3) is 0 Å². The Morgan fingerprint density at radius 2 is 2.43 bits per heavy atom. The van der Waals surface area contributed by atoms with Crippen LogP contribution in [0.2, 0.25) is 0 Å². The largest absolute Gasteiger partial charge is 0.312 e. The molecule has 0 amide bonds. The minimum Gasteiger partial charge on any atom is -0.312 e. The summed E-state index contributed by atoms with van der Waals surface area (Å²) in [6, 6.07) is 0.430. The Morgan fingerprint density at radius 1 is 1.71 bits per heavy atom. The predicted molar refractivity (Wildman–Crippen MR) is 62.7 cm³/mol. The molecule has 3 heteroatoms. The molecule has 1 atom stereocenters. The van der Waals surface area contributed by atoms with E-state index >= 15 is 0 Å². The molecular weight excluding hydrogens is 192 g/mol. The lowest BCUT2D eigenvalue weighted by molar-refractivity contribution is 0.553. The average Bonchev–Trinajstić information content (AvgIpc) is 2.53. The topological polar surface area (TPSA) is 24.9 Å². The second kappa shape index (κ2) is 5.27. The molecule has 1 rings (SSSR count). The molecule has 0 aromatic carbocycles. The van der Waals surface area contributed by atoms with Gasteiger partial charge in [-0.15, -0.1) is 17.9 Å². The van der Waals surface area contributed by atoms with Crippen molar-refractivity contribution >= 4 is 11.3 Å². The van der Waals surface area contributed by atoms with E-state index in [2.05, 4.69) is 30.7 Å². The van der Waals surface area contributed by atoms with Gasteiger partial charge in [-0.05, 0) is 33.7 Å². The van der Waals surface area contributed by atoms with Crippen LogP contribution in [0.1, 0.15) is 36.4 Å². The summed E-state index contributed by atoms with van der Waals surface area (Å²) in [5, 5.41) is 3.33. The van der Waals surface area contributed by atoms with Crippen molar-refractivity contribution in [3.63, 3.8) is 0 Å². The number of hydrogen-bond acceptors (Lipinski definition) is 3. The molecule has 1 N–H and O–H groups in total. The van der Waals surface area contributed by atoms with Crippen molar-refractivity contribution < 1.29 is 0 Å². The zero-order valence-electron chi connectivity index (χ0n) is 9.13. The molecule has 1 aromatic rings. The molecule has 0 aliphatic rings. The standard InChI is InChI=1S/C11H18N2S/c1-8(2)5-6-10(12-4)11-9(3)13-7-14-11/h7,10,12H,1,5-6H2,2-4H3. The zero-order chi connectivity index (χ0) is 10.6. The molecule has 0 spiro atoms. The van der Waals surface area contributed by atoms with E-state index < -0.39 is 0 Å². The predicted octanol–water partition coefficient (Wildman–Crippen LogP) is 3.07. The Kier molecular flexibility index (Phi) is 4.29. The lowest BCUT2D eigenvalue weighted by atomic mass is 10.1. The minimum atomic E-state index is 0.430. The van der Waals surface area contributed by atoms with E-state index in [4.69, 9.17) is 0 Å². The van der Waals surface area contributed by atoms with Gasteiger partial charge in [-0.1, -0.05) is 5.57 Å². The summed E-state index contributed by atoms with van der Waals surface area (Å²) in [4.78, 5) is 5.62. The summed E-state index contributed by atoms with van der Waals surface area (Å²) in [5.41, 5.74) is 4.30. The number of thiazole rings is 1. The molecule has 1 aromatic heterocycles. The molecule has 0 saturated carbocycles. The van der Waals surface area contributed by atoms with Crippen molar-refractivity contribution in [2.24, 2.45) is 0 Å². The number of allylic oxidation sites excluding steroid dienone is 1. The highest BCUT2D eigenvalue weighted by atomic mass is 32.1. The van der Waals surface area contributed by atoms with Gasteiger partial charge >= 0.3 is 0 Å². The highest BCUT2D eigenvalue weighted by Gasteiger charge is 2.13. The van der Waals surface area contributed by atoms with E-state index in [0.717, 1.165) is 18.5 Å². The molecule has 0 bridgehead atoms. The van der Waals surface area contributed by atoms with E-state index in [1.165, 1.54) is 10.5 Å². The zero-order valence-corrected chi connectivity index (χ0v) is 9.95. The van der Waals surface area contributed by atoms with Gasteiger partial charge in [0.05, 0.1) is 11.2 Å². The molecule has 0 aliphatic carbocycles. The third-order valence-electron chi connectivity index (χ3n) is 2.31. The number of aromatic nitrogens is 1. The summed E-state index contributed by atoms with van der Waals surface area (Å²) in [6.45, 7) is 8.07.